The molecule has 4 aromatic rings. The molecule has 1 atom stereocenters. The molecule has 3 heterocycles. The summed E-state index contributed by atoms with van der Waals surface area (Å²) in [4.78, 5) is 37.2. The van der Waals surface area contributed by atoms with E-state index in [0.29, 0.717) is 36.4 Å². The molecule has 5 rings (SSSR count). The predicted octanol–water partition coefficient (Wildman–Crippen LogP) is 4.87. The zero-order valence-electron chi connectivity index (χ0n) is 18.7. The monoisotopic (exact) mass is 490 g/mol. The van der Waals surface area contributed by atoms with Gasteiger partial charge in [0, 0.05) is 24.6 Å². The molecule has 11 heteroatoms. The van der Waals surface area contributed by atoms with Crippen LogP contribution < -0.4 is 4.74 Å². The number of hydrogen-bond donors (Lipinski definition) is 1. The van der Waals surface area contributed by atoms with Crippen molar-refractivity contribution in [2.45, 2.75) is 19.1 Å². The highest BCUT2D eigenvalue weighted by Gasteiger charge is 2.30. The first-order valence-corrected chi connectivity index (χ1v) is 11.0. The number of ether oxygens (including phenoxy) is 2. The largest absolute Gasteiger partial charge is 0.507 e. The summed E-state index contributed by atoms with van der Waals surface area (Å²) in [5, 5.41) is 8.81. The van der Waals surface area contributed by atoms with Gasteiger partial charge in [0.1, 0.15) is 5.52 Å². The van der Waals surface area contributed by atoms with E-state index < -0.39 is 18.2 Å². The molecule has 0 unspecified atom stereocenters. The van der Waals surface area contributed by atoms with Crippen LogP contribution in [0.3, 0.4) is 0 Å². The van der Waals surface area contributed by atoms with Gasteiger partial charge in [0.05, 0.1) is 6.20 Å². The summed E-state index contributed by atoms with van der Waals surface area (Å²) in [6, 6.07) is 12.9. The highest BCUT2D eigenvalue weighted by atomic mass is 19.1. The van der Waals surface area contributed by atoms with E-state index in [0.717, 1.165) is 5.56 Å². The first-order chi connectivity index (χ1) is 17.5. The Labute approximate surface area is 203 Å². The van der Waals surface area contributed by atoms with E-state index in [9.17, 15) is 14.0 Å². The molecule has 0 radical (unpaired) electrons. The van der Waals surface area contributed by atoms with Gasteiger partial charge in [0.25, 0.3) is 5.71 Å². The molecule has 1 fully saturated rings. The number of carboxylic acid groups (broad SMARTS) is 1. The van der Waals surface area contributed by atoms with Gasteiger partial charge in [-0.3, -0.25) is 4.79 Å². The van der Waals surface area contributed by atoms with Crippen LogP contribution in [0.15, 0.2) is 65.2 Å². The molecule has 36 heavy (non-hydrogen) atoms. The van der Waals surface area contributed by atoms with Crippen molar-refractivity contribution >= 4 is 29.4 Å². The van der Waals surface area contributed by atoms with Crippen molar-refractivity contribution in [2.24, 2.45) is 0 Å². The third kappa shape index (κ3) is 4.99. The van der Waals surface area contributed by atoms with E-state index in [2.05, 4.69) is 15.0 Å². The molecule has 1 N–H and O–H groups in total. The van der Waals surface area contributed by atoms with Crippen molar-refractivity contribution < 1.29 is 33.0 Å². The van der Waals surface area contributed by atoms with E-state index >= 15 is 0 Å². The molecular weight excluding hydrogens is 471 g/mol. The third-order valence-corrected chi connectivity index (χ3v) is 5.46. The maximum atomic E-state index is 13.8. The van der Waals surface area contributed by atoms with Gasteiger partial charge in [-0.05, 0) is 42.3 Å². The lowest BCUT2D eigenvalue weighted by Gasteiger charge is -2.21. The van der Waals surface area contributed by atoms with Gasteiger partial charge in [0.2, 0.25) is 11.8 Å². The second-order valence-corrected chi connectivity index (χ2v) is 7.86. The molecule has 2 aromatic heterocycles. The number of carbonyl (C=O) groups is 2. The Morgan fingerprint density at radius 1 is 1.14 bits per heavy atom. The summed E-state index contributed by atoms with van der Waals surface area (Å²) in [5.74, 6) is -0.564. The van der Waals surface area contributed by atoms with Crippen molar-refractivity contribution in [1.82, 2.24) is 19.9 Å². The fourth-order valence-electron chi connectivity index (χ4n) is 3.75. The van der Waals surface area contributed by atoms with E-state index in [1.807, 2.05) is 0 Å². The van der Waals surface area contributed by atoms with Crippen LogP contribution >= 0.6 is 0 Å². The standard InChI is InChI=1S/C25H19FN4O6/c26-17-4-1-2-5-19(17)34-24-27-14-18-23(29-24)36-22(28-18)16-10-7-15(8-11-16)9-12-20(31)30-13-3-6-21(30)35-25(32)33/h1-2,4-5,7-12,14,21H,3,6,13H2,(H,32,33)/b12-9+/t21-/m0/s1. The maximum absolute atomic E-state index is 13.8. The summed E-state index contributed by atoms with van der Waals surface area (Å²) in [7, 11) is 0. The van der Waals surface area contributed by atoms with Crippen LogP contribution in [0.25, 0.3) is 28.8 Å². The number of oxazole rings is 1. The maximum Gasteiger partial charge on any atom is 0.507 e. The van der Waals surface area contributed by atoms with Gasteiger partial charge in [0.15, 0.2) is 17.8 Å². The van der Waals surface area contributed by atoms with E-state index in [-0.39, 0.29) is 23.4 Å². The Hall–Kier alpha value is -4.80. The van der Waals surface area contributed by atoms with Gasteiger partial charge in [-0.15, -0.1) is 0 Å². The number of carbonyl (C=O) groups excluding carboxylic acids is 1. The number of benzene rings is 2. The summed E-state index contributed by atoms with van der Waals surface area (Å²) < 4.78 is 29.7. The molecular formula is C25H19FN4O6. The van der Waals surface area contributed by atoms with Crippen molar-refractivity contribution in [3.63, 3.8) is 0 Å². The van der Waals surface area contributed by atoms with Gasteiger partial charge in [-0.1, -0.05) is 24.3 Å². The van der Waals surface area contributed by atoms with Crippen LogP contribution in [0.4, 0.5) is 9.18 Å². The lowest BCUT2D eigenvalue weighted by Crippen LogP contribution is -2.37. The Kier molecular flexibility index (Phi) is 6.27. The molecule has 0 aliphatic carbocycles. The number of aromatic nitrogens is 3. The van der Waals surface area contributed by atoms with Crippen LogP contribution in [0, 0.1) is 5.82 Å². The normalized spacial score (nSPS) is 15.5. The quantitative estimate of drug-likeness (QED) is 0.297. The first kappa shape index (κ1) is 23.0. The number of para-hydroxylation sites is 1. The number of rotatable bonds is 6. The lowest BCUT2D eigenvalue weighted by molar-refractivity contribution is -0.133. The minimum atomic E-state index is -1.40. The van der Waals surface area contributed by atoms with E-state index in [1.165, 1.54) is 29.3 Å². The SMILES string of the molecule is O=C(O)O[C@H]1CCCN1C(=O)/C=C/c1ccc(-c2nc3cnc(Oc4ccccc4F)nc3o2)cc1. The van der Waals surface area contributed by atoms with E-state index in [1.54, 1.807) is 42.5 Å². The van der Waals surface area contributed by atoms with Gasteiger partial charge in [-0.2, -0.15) is 4.98 Å². The fraction of sp³-hybridized carbons (Fsp3) is 0.160. The van der Waals surface area contributed by atoms with Gasteiger partial charge < -0.3 is 23.9 Å². The summed E-state index contributed by atoms with van der Waals surface area (Å²) >= 11 is 0. The Balaban J connectivity index is 1.28. The zero-order valence-corrected chi connectivity index (χ0v) is 18.7. The number of halogens is 1. The minimum absolute atomic E-state index is 0.00613. The van der Waals surface area contributed by atoms with Crippen LogP contribution in [0.2, 0.25) is 0 Å². The molecule has 2 aromatic carbocycles. The van der Waals surface area contributed by atoms with Crippen LogP contribution in [-0.4, -0.2) is 49.8 Å². The van der Waals surface area contributed by atoms with Gasteiger partial charge in [-0.25, -0.2) is 19.2 Å². The number of nitrogens with zero attached hydrogens (tertiary/aromatic N) is 4. The Morgan fingerprint density at radius 2 is 1.94 bits per heavy atom. The van der Waals surface area contributed by atoms with Gasteiger partial charge >= 0.3 is 12.2 Å². The minimum Gasteiger partial charge on any atom is -0.450 e. The molecule has 0 spiro atoms. The fourth-order valence-corrected chi connectivity index (χ4v) is 3.75. The number of likely N-dealkylation sites (tertiary alicyclic amines) is 1. The predicted molar refractivity (Wildman–Crippen MR) is 124 cm³/mol. The van der Waals surface area contributed by atoms with E-state index in [4.69, 9.17) is 19.0 Å². The average Bonchev–Trinajstić information content (AvgIpc) is 3.50. The molecule has 0 bridgehead atoms. The highest BCUT2D eigenvalue weighted by molar-refractivity contribution is 5.92. The topological polar surface area (TPSA) is 128 Å². The number of hydrogen-bond acceptors (Lipinski definition) is 8. The molecule has 0 saturated carbocycles. The van der Waals surface area contributed by atoms with Crippen molar-refractivity contribution in [3.8, 4) is 23.2 Å². The number of amides is 1. The molecule has 1 amide bonds. The second kappa shape index (κ2) is 9.82. The summed E-state index contributed by atoms with van der Waals surface area (Å²) in [6.07, 6.45) is 3.43. The van der Waals surface area contributed by atoms with Crippen LogP contribution in [-0.2, 0) is 9.53 Å². The van der Waals surface area contributed by atoms with Crippen molar-refractivity contribution in [1.29, 1.82) is 0 Å². The molecule has 182 valence electrons. The molecule has 1 aliphatic rings. The Morgan fingerprint density at radius 3 is 2.72 bits per heavy atom. The first-order valence-electron chi connectivity index (χ1n) is 11.0. The van der Waals surface area contributed by atoms with Crippen molar-refractivity contribution in [3.05, 3.63) is 72.2 Å². The highest BCUT2D eigenvalue weighted by Crippen LogP contribution is 2.27. The smallest absolute Gasteiger partial charge is 0.450 e. The summed E-state index contributed by atoms with van der Waals surface area (Å²) in [6.45, 7) is 0.438. The number of fused-ring (bicyclic) bond motifs is 1. The molecule has 10 nitrogen and oxygen atoms in total. The molecule has 1 aliphatic heterocycles. The second-order valence-electron chi connectivity index (χ2n) is 7.86. The zero-order chi connectivity index (χ0) is 25.1. The van der Waals surface area contributed by atoms with Crippen molar-refractivity contribution in [2.75, 3.05) is 6.54 Å². The summed E-state index contributed by atoms with van der Waals surface area (Å²) in [5.41, 5.74) is 2.01. The molecule has 1 saturated heterocycles. The van der Waals surface area contributed by atoms with Crippen LogP contribution in [0.5, 0.6) is 11.8 Å². The third-order valence-electron chi connectivity index (χ3n) is 5.46. The lowest BCUT2D eigenvalue weighted by atomic mass is 10.1. The Bertz CT molecular complexity index is 1450. The average molecular weight is 490 g/mol. The van der Waals surface area contributed by atoms with Crippen LogP contribution in [0.1, 0.15) is 18.4 Å².